The molecule has 0 bridgehead atoms. The second kappa shape index (κ2) is 5.31. The summed E-state index contributed by atoms with van der Waals surface area (Å²) in [4.78, 5) is 15.1. The molecule has 0 amide bonds. The van der Waals surface area contributed by atoms with Crippen LogP contribution in [0.3, 0.4) is 0 Å². The summed E-state index contributed by atoms with van der Waals surface area (Å²) < 4.78 is 1.13. The van der Waals surface area contributed by atoms with E-state index in [2.05, 4.69) is 26.9 Å². The predicted molar refractivity (Wildman–Crippen MR) is 76.8 cm³/mol. The van der Waals surface area contributed by atoms with Crippen LogP contribution in [-0.4, -0.2) is 29.1 Å². The number of hydrogen-bond acceptors (Lipinski definition) is 3. The topological polar surface area (TPSA) is 40.5 Å². The van der Waals surface area contributed by atoms with Crippen molar-refractivity contribution >= 4 is 33.2 Å². The minimum absolute atomic E-state index is 0.176. The first-order valence-electron chi connectivity index (χ1n) is 6.14. The van der Waals surface area contributed by atoms with E-state index in [4.69, 9.17) is 0 Å². The summed E-state index contributed by atoms with van der Waals surface area (Å²) in [6, 6.07) is 4.15. The maximum atomic E-state index is 11.5. The quantitative estimate of drug-likeness (QED) is 0.918. The zero-order valence-corrected chi connectivity index (χ0v) is 13.1. The molecule has 3 nitrogen and oxygen atoms in total. The van der Waals surface area contributed by atoms with Crippen LogP contribution < -0.4 is 0 Å². The molecule has 1 unspecified atom stereocenters. The largest absolute Gasteiger partial charge is 0.481 e. The van der Waals surface area contributed by atoms with Gasteiger partial charge in [0.2, 0.25) is 0 Å². The lowest BCUT2D eigenvalue weighted by molar-refractivity contribution is -0.151. The summed E-state index contributed by atoms with van der Waals surface area (Å²) in [6.07, 6.45) is 0.756. The third-order valence-electron chi connectivity index (χ3n) is 3.92. The van der Waals surface area contributed by atoms with Gasteiger partial charge in [0.25, 0.3) is 0 Å². The molecule has 5 heteroatoms. The van der Waals surface area contributed by atoms with Crippen LogP contribution in [0.2, 0.25) is 0 Å². The Morgan fingerprint density at radius 2 is 2.33 bits per heavy atom. The predicted octanol–water partition coefficient (Wildman–Crippen LogP) is 3.44. The molecule has 1 atom stereocenters. The summed E-state index contributed by atoms with van der Waals surface area (Å²) in [5.74, 6) is -0.470. The van der Waals surface area contributed by atoms with Crippen molar-refractivity contribution in [3.63, 3.8) is 0 Å². The zero-order chi connectivity index (χ0) is 13.3. The molecule has 1 aromatic rings. The molecule has 1 saturated heterocycles. The van der Waals surface area contributed by atoms with Crippen LogP contribution in [0.25, 0.3) is 0 Å². The third kappa shape index (κ3) is 2.63. The van der Waals surface area contributed by atoms with E-state index < -0.39 is 11.4 Å². The molecule has 0 aliphatic carbocycles. The van der Waals surface area contributed by atoms with E-state index in [0.29, 0.717) is 6.54 Å². The first-order valence-corrected chi connectivity index (χ1v) is 7.75. The normalized spacial score (nSPS) is 24.9. The van der Waals surface area contributed by atoms with Gasteiger partial charge >= 0.3 is 5.97 Å². The van der Waals surface area contributed by atoms with Crippen LogP contribution >= 0.6 is 27.3 Å². The van der Waals surface area contributed by atoms with Crippen molar-refractivity contribution in [1.29, 1.82) is 0 Å². The van der Waals surface area contributed by atoms with Gasteiger partial charge in [0.05, 0.1) is 9.20 Å². The third-order valence-corrected chi connectivity index (χ3v) is 5.53. The summed E-state index contributed by atoms with van der Waals surface area (Å²) in [7, 11) is 0. The van der Waals surface area contributed by atoms with Gasteiger partial charge in [-0.15, -0.1) is 11.3 Å². The molecule has 100 valence electrons. The van der Waals surface area contributed by atoms with Gasteiger partial charge in [-0.2, -0.15) is 0 Å². The number of aliphatic carboxylic acids is 1. The SMILES string of the molecule is CC(C)C1(C(=O)O)CCN(Cc2ccc(Br)s2)C1. The fraction of sp³-hybridized carbons (Fsp3) is 0.615. The second-order valence-corrected chi connectivity index (χ2v) is 7.83. The number of nitrogens with zero attached hydrogens (tertiary/aromatic N) is 1. The van der Waals surface area contributed by atoms with Crippen molar-refractivity contribution in [2.24, 2.45) is 11.3 Å². The van der Waals surface area contributed by atoms with Crippen molar-refractivity contribution in [3.05, 3.63) is 20.8 Å². The van der Waals surface area contributed by atoms with Crippen LogP contribution in [0.5, 0.6) is 0 Å². The number of carboxylic acids is 1. The van der Waals surface area contributed by atoms with E-state index >= 15 is 0 Å². The van der Waals surface area contributed by atoms with Crippen molar-refractivity contribution < 1.29 is 9.90 Å². The fourth-order valence-electron chi connectivity index (χ4n) is 2.60. The van der Waals surface area contributed by atoms with Crippen LogP contribution in [-0.2, 0) is 11.3 Å². The highest BCUT2D eigenvalue weighted by molar-refractivity contribution is 9.11. The molecule has 18 heavy (non-hydrogen) atoms. The lowest BCUT2D eigenvalue weighted by atomic mass is 9.76. The number of hydrogen-bond donors (Lipinski definition) is 1. The van der Waals surface area contributed by atoms with Gasteiger partial charge in [0.1, 0.15) is 0 Å². The van der Waals surface area contributed by atoms with E-state index in [1.54, 1.807) is 11.3 Å². The molecule has 1 N–H and O–H groups in total. The minimum Gasteiger partial charge on any atom is -0.481 e. The zero-order valence-electron chi connectivity index (χ0n) is 10.6. The molecule has 1 fully saturated rings. The van der Waals surface area contributed by atoms with E-state index in [1.165, 1.54) is 4.88 Å². The Morgan fingerprint density at radius 3 is 2.78 bits per heavy atom. The molecule has 1 aliphatic rings. The molecular formula is C13H18BrNO2S. The molecule has 1 aliphatic heterocycles. The average Bonchev–Trinajstić information content (AvgIpc) is 2.86. The first kappa shape index (κ1) is 14.0. The molecule has 0 saturated carbocycles. The number of likely N-dealkylation sites (tertiary alicyclic amines) is 1. The van der Waals surface area contributed by atoms with Gasteiger partial charge in [-0.1, -0.05) is 13.8 Å². The number of thiophene rings is 1. The Morgan fingerprint density at radius 1 is 1.61 bits per heavy atom. The smallest absolute Gasteiger partial charge is 0.311 e. The Hall–Kier alpha value is -0.390. The average molecular weight is 332 g/mol. The molecule has 0 radical (unpaired) electrons. The van der Waals surface area contributed by atoms with E-state index in [9.17, 15) is 9.90 Å². The highest BCUT2D eigenvalue weighted by atomic mass is 79.9. The van der Waals surface area contributed by atoms with Crippen molar-refractivity contribution in [3.8, 4) is 0 Å². The van der Waals surface area contributed by atoms with Crippen molar-refractivity contribution in [2.45, 2.75) is 26.8 Å². The molecule has 0 spiro atoms. The van der Waals surface area contributed by atoms with Gasteiger partial charge in [-0.3, -0.25) is 9.69 Å². The number of carboxylic acid groups (broad SMARTS) is 1. The summed E-state index contributed by atoms with van der Waals surface area (Å²) in [5.41, 5.74) is -0.561. The summed E-state index contributed by atoms with van der Waals surface area (Å²) in [5, 5.41) is 9.49. The van der Waals surface area contributed by atoms with Crippen LogP contribution in [0.1, 0.15) is 25.1 Å². The highest BCUT2D eigenvalue weighted by Gasteiger charge is 2.47. The van der Waals surface area contributed by atoms with Crippen LogP contribution in [0.4, 0.5) is 0 Å². The lowest BCUT2D eigenvalue weighted by Crippen LogP contribution is -2.39. The van der Waals surface area contributed by atoms with Crippen molar-refractivity contribution in [2.75, 3.05) is 13.1 Å². The van der Waals surface area contributed by atoms with E-state index in [0.717, 1.165) is 23.3 Å². The molecule has 2 rings (SSSR count). The Labute approximate surface area is 120 Å². The van der Waals surface area contributed by atoms with Crippen molar-refractivity contribution in [1.82, 2.24) is 4.90 Å². The summed E-state index contributed by atoms with van der Waals surface area (Å²) >= 11 is 5.18. The van der Waals surface area contributed by atoms with Gasteiger partial charge in [-0.05, 0) is 46.9 Å². The first-order chi connectivity index (χ1) is 8.44. The Bertz CT molecular complexity index is 446. The van der Waals surface area contributed by atoms with Crippen LogP contribution in [0, 0.1) is 11.3 Å². The molecule has 2 heterocycles. The number of halogens is 1. The van der Waals surface area contributed by atoms with Gasteiger partial charge in [0, 0.05) is 18.0 Å². The lowest BCUT2D eigenvalue weighted by Gasteiger charge is -2.28. The standard InChI is InChI=1S/C13H18BrNO2S/c1-9(2)13(12(16)17)5-6-15(8-13)7-10-3-4-11(14)18-10/h3-4,9H,5-8H2,1-2H3,(H,16,17). The minimum atomic E-state index is -0.646. The highest BCUT2D eigenvalue weighted by Crippen LogP contribution is 2.39. The maximum Gasteiger partial charge on any atom is 0.311 e. The number of carbonyl (C=O) groups is 1. The van der Waals surface area contributed by atoms with E-state index in [1.807, 2.05) is 19.9 Å². The van der Waals surface area contributed by atoms with Gasteiger partial charge < -0.3 is 5.11 Å². The fourth-order valence-corrected chi connectivity index (χ4v) is 4.13. The van der Waals surface area contributed by atoms with Gasteiger partial charge in [-0.25, -0.2) is 0 Å². The number of rotatable bonds is 4. The monoisotopic (exact) mass is 331 g/mol. The van der Waals surface area contributed by atoms with Crippen LogP contribution in [0.15, 0.2) is 15.9 Å². The summed E-state index contributed by atoms with van der Waals surface area (Å²) in [6.45, 7) is 6.42. The Balaban J connectivity index is 2.05. The molecule has 0 aromatic carbocycles. The maximum absolute atomic E-state index is 11.5. The van der Waals surface area contributed by atoms with Gasteiger partial charge in [0.15, 0.2) is 0 Å². The van der Waals surface area contributed by atoms with E-state index in [-0.39, 0.29) is 5.92 Å². The molecular weight excluding hydrogens is 314 g/mol. The molecule has 1 aromatic heterocycles. The second-order valence-electron chi connectivity index (χ2n) is 5.28. The Kier molecular flexibility index (Phi) is 4.14.